The minimum atomic E-state index is -0.266. The Balaban J connectivity index is 1.60. The van der Waals surface area contributed by atoms with Crippen molar-refractivity contribution < 1.29 is 4.79 Å². The molecule has 0 atom stereocenters. The number of nitrogens with zero attached hydrogens (tertiary/aromatic N) is 3. The molecule has 9 heteroatoms. The SMILES string of the molecule is Nn1c(Cc2ccccc2)nnc1SCC(=O)Nc1c(Cl)cccc1Cl. The molecule has 0 saturated carbocycles. The van der Waals surface area contributed by atoms with E-state index in [0.29, 0.717) is 33.1 Å². The predicted octanol–water partition coefficient (Wildman–Crippen LogP) is 3.62. The van der Waals surface area contributed by atoms with E-state index in [1.54, 1.807) is 18.2 Å². The Bertz CT molecular complexity index is 897. The standard InChI is InChI=1S/C17H15Cl2N5OS/c18-12-7-4-8-13(19)16(12)21-15(25)10-26-17-23-22-14(24(17)20)9-11-5-2-1-3-6-11/h1-8H,9-10,20H2,(H,21,25). The summed E-state index contributed by atoms with van der Waals surface area (Å²) in [6.07, 6.45) is 0.562. The lowest BCUT2D eigenvalue weighted by atomic mass is 10.1. The van der Waals surface area contributed by atoms with Gasteiger partial charge in [0.05, 0.1) is 21.5 Å². The summed E-state index contributed by atoms with van der Waals surface area (Å²) in [7, 11) is 0. The van der Waals surface area contributed by atoms with E-state index in [9.17, 15) is 4.79 Å². The Morgan fingerprint density at radius 3 is 2.46 bits per heavy atom. The number of aromatic nitrogens is 3. The second-order valence-corrected chi connectivity index (χ2v) is 7.12. The summed E-state index contributed by atoms with van der Waals surface area (Å²) in [5, 5.41) is 12.0. The van der Waals surface area contributed by atoms with Gasteiger partial charge >= 0.3 is 0 Å². The molecule has 0 bridgehead atoms. The first-order valence-electron chi connectivity index (χ1n) is 7.64. The van der Waals surface area contributed by atoms with Crippen molar-refractivity contribution in [2.45, 2.75) is 11.6 Å². The van der Waals surface area contributed by atoms with E-state index in [1.165, 1.54) is 16.4 Å². The molecule has 0 fully saturated rings. The molecule has 3 aromatic rings. The summed E-state index contributed by atoms with van der Waals surface area (Å²) >= 11 is 13.3. The number of halogens is 2. The van der Waals surface area contributed by atoms with Crippen LogP contribution in [0.2, 0.25) is 10.0 Å². The Morgan fingerprint density at radius 1 is 1.08 bits per heavy atom. The van der Waals surface area contributed by atoms with Crippen LogP contribution in [-0.2, 0) is 11.2 Å². The van der Waals surface area contributed by atoms with Crippen LogP contribution in [0.3, 0.4) is 0 Å². The van der Waals surface area contributed by atoms with E-state index in [4.69, 9.17) is 29.0 Å². The molecule has 0 aliphatic carbocycles. The molecule has 0 radical (unpaired) electrons. The molecule has 0 saturated heterocycles. The summed E-state index contributed by atoms with van der Waals surface area (Å²) < 4.78 is 1.40. The van der Waals surface area contributed by atoms with E-state index >= 15 is 0 Å². The molecule has 0 aliphatic rings. The Hall–Kier alpha value is -2.22. The molecular formula is C17H15Cl2N5OS. The molecule has 0 aliphatic heterocycles. The quantitative estimate of drug-likeness (QED) is 0.481. The first kappa shape index (κ1) is 18.6. The normalized spacial score (nSPS) is 10.7. The Labute approximate surface area is 164 Å². The molecule has 1 amide bonds. The highest BCUT2D eigenvalue weighted by molar-refractivity contribution is 7.99. The topological polar surface area (TPSA) is 85.8 Å². The maximum Gasteiger partial charge on any atom is 0.234 e. The first-order chi connectivity index (χ1) is 12.5. The number of benzene rings is 2. The van der Waals surface area contributed by atoms with Crippen LogP contribution < -0.4 is 11.2 Å². The van der Waals surface area contributed by atoms with Crippen LogP contribution in [0.1, 0.15) is 11.4 Å². The van der Waals surface area contributed by atoms with Crippen molar-refractivity contribution >= 4 is 46.6 Å². The zero-order chi connectivity index (χ0) is 18.5. The minimum Gasteiger partial charge on any atom is -0.336 e. The number of carbonyl (C=O) groups excluding carboxylic acids is 1. The maximum atomic E-state index is 12.2. The van der Waals surface area contributed by atoms with Crippen LogP contribution >= 0.6 is 35.0 Å². The van der Waals surface area contributed by atoms with Gasteiger partial charge in [0.15, 0.2) is 5.82 Å². The number of nitrogens with one attached hydrogen (secondary N) is 1. The molecule has 3 N–H and O–H groups in total. The molecule has 6 nitrogen and oxygen atoms in total. The minimum absolute atomic E-state index is 0.0994. The summed E-state index contributed by atoms with van der Waals surface area (Å²) in [5.41, 5.74) is 1.47. The Kier molecular flexibility index (Phi) is 6.03. The van der Waals surface area contributed by atoms with Crippen LogP contribution in [0, 0.1) is 0 Å². The zero-order valence-corrected chi connectivity index (χ0v) is 15.9. The molecule has 26 heavy (non-hydrogen) atoms. The van der Waals surface area contributed by atoms with E-state index < -0.39 is 0 Å². The number of amides is 1. The number of rotatable bonds is 6. The van der Waals surface area contributed by atoms with E-state index in [0.717, 1.165) is 5.56 Å². The lowest BCUT2D eigenvalue weighted by Gasteiger charge is -2.08. The van der Waals surface area contributed by atoms with Crippen molar-refractivity contribution in [3.05, 3.63) is 70.0 Å². The smallest absolute Gasteiger partial charge is 0.234 e. The van der Waals surface area contributed by atoms with Crippen LogP contribution in [0.5, 0.6) is 0 Å². The molecule has 1 aromatic heterocycles. The first-order valence-corrected chi connectivity index (χ1v) is 9.38. The second kappa shape index (κ2) is 8.44. The van der Waals surface area contributed by atoms with Gasteiger partial charge in [-0.25, -0.2) is 4.68 Å². The van der Waals surface area contributed by atoms with Crippen molar-refractivity contribution in [2.75, 3.05) is 16.9 Å². The summed E-state index contributed by atoms with van der Waals surface area (Å²) in [6.45, 7) is 0. The van der Waals surface area contributed by atoms with Crippen molar-refractivity contribution in [1.29, 1.82) is 0 Å². The molecule has 2 aromatic carbocycles. The molecule has 0 unspecified atom stereocenters. The number of hydrogen-bond acceptors (Lipinski definition) is 5. The van der Waals surface area contributed by atoms with Gasteiger partial charge in [-0.05, 0) is 17.7 Å². The van der Waals surface area contributed by atoms with Crippen molar-refractivity contribution in [3.63, 3.8) is 0 Å². The highest BCUT2D eigenvalue weighted by Gasteiger charge is 2.14. The van der Waals surface area contributed by atoms with E-state index in [-0.39, 0.29) is 11.7 Å². The van der Waals surface area contributed by atoms with Crippen LogP contribution in [0.25, 0.3) is 0 Å². The highest BCUT2D eigenvalue weighted by atomic mass is 35.5. The third-order valence-electron chi connectivity index (χ3n) is 3.50. The molecule has 134 valence electrons. The zero-order valence-electron chi connectivity index (χ0n) is 13.5. The van der Waals surface area contributed by atoms with Gasteiger partial charge in [-0.2, -0.15) is 0 Å². The van der Waals surface area contributed by atoms with E-state index in [1.807, 2.05) is 30.3 Å². The van der Waals surface area contributed by atoms with Gasteiger partial charge in [0.2, 0.25) is 11.1 Å². The average molecular weight is 408 g/mol. The third kappa shape index (κ3) is 4.49. The van der Waals surface area contributed by atoms with Gasteiger partial charge in [0.25, 0.3) is 0 Å². The van der Waals surface area contributed by atoms with Crippen molar-refractivity contribution in [1.82, 2.24) is 14.9 Å². The number of thioether (sulfide) groups is 1. The molecular weight excluding hydrogens is 393 g/mol. The van der Waals surface area contributed by atoms with Gasteiger partial charge in [-0.15, -0.1) is 10.2 Å². The summed E-state index contributed by atoms with van der Waals surface area (Å²) in [6, 6.07) is 14.8. The van der Waals surface area contributed by atoms with Gasteiger partial charge in [-0.3, -0.25) is 4.79 Å². The second-order valence-electron chi connectivity index (χ2n) is 5.36. The number of carbonyl (C=O) groups is 1. The monoisotopic (exact) mass is 407 g/mol. The fraction of sp³-hybridized carbons (Fsp3) is 0.118. The number of para-hydroxylation sites is 1. The van der Waals surface area contributed by atoms with Crippen molar-refractivity contribution in [2.24, 2.45) is 0 Å². The van der Waals surface area contributed by atoms with Gasteiger partial charge in [0.1, 0.15) is 0 Å². The number of nitrogen functional groups attached to an aromatic ring is 1. The maximum absolute atomic E-state index is 12.2. The average Bonchev–Trinajstić information content (AvgIpc) is 2.97. The molecule has 3 rings (SSSR count). The van der Waals surface area contributed by atoms with Crippen LogP contribution in [0.4, 0.5) is 5.69 Å². The van der Waals surface area contributed by atoms with Crippen molar-refractivity contribution in [3.8, 4) is 0 Å². The van der Waals surface area contributed by atoms with Gasteiger partial charge in [0, 0.05) is 6.42 Å². The lowest BCUT2D eigenvalue weighted by molar-refractivity contribution is -0.113. The third-order valence-corrected chi connectivity index (χ3v) is 5.07. The van der Waals surface area contributed by atoms with Gasteiger partial charge in [-0.1, -0.05) is 71.4 Å². The van der Waals surface area contributed by atoms with Crippen LogP contribution in [-0.4, -0.2) is 26.5 Å². The molecule has 0 spiro atoms. The largest absolute Gasteiger partial charge is 0.336 e. The molecule has 1 heterocycles. The van der Waals surface area contributed by atoms with E-state index in [2.05, 4.69) is 15.5 Å². The summed E-state index contributed by atoms with van der Waals surface area (Å²) in [5.74, 6) is 6.49. The van der Waals surface area contributed by atoms with Gasteiger partial charge < -0.3 is 11.2 Å². The van der Waals surface area contributed by atoms with Crippen LogP contribution in [0.15, 0.2) is 53.7 Å². The predicted molar refractivity (Wildman–Crippen MR) is 105 cm³/mol. The fourth-order valence-corrected chi connectivity index (χ4v) is 3.39. The number of nitrogens with two attached hydrogens (primary N) is 1. The number of hydrogen-bond donors (Lipinski definition) is 2. The number of anilines is 1. The lowest BCUT2D eigenvalue weighted by Crippen LogP contribution is -2.17. The fourth-order valence-electron chi connectivity index (χ4n) is 2.23. The summed E-state index contributed by atoms with van der Waals surface area (Å²) in [4.78, 5) is 12.2. The Morgan fingerprint density at radius 2 is 1.77 bits per heavy atom. The highest BCUT2D eigenvalue weighted by Crippen LogP contribution is 2.30.